The standard InChI is InChI=1S/C14H30N2S/c1-13-6-4-7-14(12-13)17-11-9-15-8-5-10-16(2)3/h13-15H,4-12H2,1-3H3. The van der Waals surface area contributed by atoms with Gasteiger partial charge in [0.2, 0.25) is 0 Å². The Labute approximate surface area is 112 Å². The van der Waals surface area contributed by atoms with Crippen molar-refractivity contribution in [2.75, 3.05) is 39.5 Å². The van der Waals surface area contributed by atoms with Crippen molar-refractivity contribution in [2.45, 2.75) is 44.3 Å². The van der Waals surface area contributed by atoms with Gasteiger partial charge in [0.05, 0.1) is 0 Å². The molecule has 2 unspecified atom stereocenters. The average molecular weight is 258 g/mol. The first-order valence-electron chi connectivity index (χ1n) is 7.15. The van der Waals surface area contributed by atoms with Crippen molar-refractivity contribution >= 4 is 11.8 Å². The molecule has 2 nitrogen and oxygen atoms in total. The molecule has 0 aromatic rings. The number of nitrogens with zero attached hydrogens (tertiary/aromatic N) is 1. The summed E-state index contributed by atoms with van der Waals surface area (Å²) in [5.41, 5.74) is 0. The fraction of sp³-hybridized carbons (Fsp3) is 1.00. The zero-order chi connectivity index (χ0) is 12.5. The van der Waals surface area contributed by atoms with Gasteiger partial charge < -0.3 is 10.2 Å². The zero-order valence-electron chi connectivity index (χ0n) is 11.9. The molecule has 0 saturated heterocycles. The maximum atomic E-state index is 3.54. The monoisotopic (exact) mass is 258 g/mol. The minimum Gasteiger partial charge on any atom is -0.316 e. The van der Waals surface area contributed by atoms with Crippen molar-refractivity contribution in [3.05, 3.63) is 0 Å². The molecule has 0 heterocycles. The summed E-state index contributed by atoms with van der Waals surface area (Å²) in [6.07, 6.45) is 7.08. The van der Waals surface area contributed by atoms with Gasteiger partial charge in [-0.2, -0.15) is 11.8 Å². The van der Waals surface area contributed by atoms with Gasteiger partial charge in [-0.05, 0) is 52.4 Å². The number of thioether (sulfide) groups is 1. The van der Waals surface area contributed by atoms with Crippen molar-refractivity contribution in [2.24, 2.45) is 5.92 Å². The van der Waals surface area contributed by atoms with Crippen molar-refractivity contribution < 1.29 is 0 Å². The zero-order valence-corrected chi connectivity index (χ0v) is 12.7. The summed E-state index contributed by atoms with van der Waals surface area (Å²) in [5, 5.41) is 4.49. The lowest BCUT2D eigenvalue weighted by molar-refractivity contribution is 0.393. The molecule has 1 aliphatic carbocycles. The lowest BCUT2D eigenvalue weighted by Crippen LogP contribution is -2.24. The molecular weight excluding hydrogens is 228 g/mol. The molecule has 1 fully saturated rings. The van der Waals surface area contributed by atoms with Crippen LogP contribution >= 0.6 is 11.8 Å². The van der Waals surface area contributed by atoms with Crippen LogP contribution in [0.5, 0.6) is 0 Å². The minimum atomic E-state index is 0.947. The highest BCUT2D eigenvalue weighted by atomic mass is 32.2. The van der Waals surface area contributed by atoms with Gasteiger partial charge in [-0.15, -0.1) is 0 Å². The summed E-state index contributed by atoms with van der Waals surface area (Å²) in [5.74, 6) is 2.26. The van der Waals surface area contributed by atoms with E-state index < -0.39 is 0 Å². The number of rotatable bonds is 8. The lowest BCUT2D eigenvalue weighted by atomic mass is 9.91. The van der Waals surface area contributed by atoms with E-state index in [1.165, 1.54) is 57.5 Å². The molecule has 1 N–H and O–H groups in total. The molecule has 1 aliphatic rings. The number of hydrogen-bond donors (Lipinski definition) is 1. The maximum Gasteiger partial charge on any atom is 0.00608 e. The van der Waals surface area contributed by atoms with E-state index in [9.17, 15) is 0 Å². The van der Waals surface area contributed by atoms with Crippen LogP contribution in [0.4, 0.5) is 0 Å². The largest absolute Gasteiger partial charge is 0.316 e. The molecule has 1 rings (SSSR count). The normalized spacial score (nSPS) is 25.4. The minimum absolute atomic E-state index is 0.947. The fourth-order valence-electron chi connectivity index (χ4n) is 2.47. The Kier molecular flexibility index (Phi) is 8.33. The molecule has 0 spiro atoms. The Balaban J connectivity index is 1.86. The summed E-state index contributed by atoms with van der Waals surface area (Å²) < 4.78 is 0. The van der Waals surface area contributed by atoms with Crippen LogP contribution in [-0.2, 0) is 0 Å². The van der Waals surface area contributed by atoms with Gasteiger partial charge in [0.25, 0.3) is 0 Å². The lowest BCUT2D eigenvalue weighted by Gasteiger charge is -2.26. The highest BCUT2D eigenvalue weighted by Gasteiger charge is 2.18. The van der Waals surface area contributed by atoms with E-state index in [1.54, 1.807) is 0 Å². The Morgan fingerprint density at radius 3 is 2.76 bits per heavy atom. The second-order valence-electron chi connectivity index (χ2n) is 5.67. The Bertz CT molecular complexity index is 185. The van der Waals surface area contributed by atoms with Crippen LogP contribution in [0.1, 0.15) is 39.0 Å². The predicted octanol–water partition coefficient (Wildman–Crippen LogP) is 2.84. The SMILES string of the molecule is CC1CCCC(SCCNCCCN(C)C)C1. The topological polar surface area (TPSA) is 15.3 Å². The maximum absolute atomic E-state index is 3.54. The van der Waals surface area contributed by atoms with Crippen LogP contribution in [0.25, 0.3) is 0 Å². The molecule has 0 radical (unpaired) electrons. The molecular formula is C14H30N2S. The summed E-state index contributed by atoms with van der Waals surface area (Å²) in [7, 11) is 4.28. The summed E-state index contributed by atoms with van der Waals surface area (Å²) in [6, 6.07) is 0. The predicted molar refractivity (Wildman–Crippen MR) is 79.9 cm³/mol. The summed E-state index contributed by atoms with van der Waals surface area (Å²) in [4.78, 5) is 2.25. The van der Waals surface area contributed by atoms with Crippen molar-refractivity contribution in [1.29, 1.82) is 0 Å². The van der Waals surface area contributed by atoms with E-state index in [-0.39, 0.29) is 0 Å². The van der Waals surface area contributed by atoms with Gasteiger partial charge >= 0.3 is 0 Å². The third-order valence-electron chi connectivity index (χ3n) is 3.48. The molecule has 0 amide bonds. The Morgan fingerprint density at radius 1 is 1.24 bits per heavy atom. The molecule has 3 heteroatoms. The first-order valence-corrected chi connectivity index (χ1v) is 8.20. The van der Waals surface area contributed by atoms with Crippen LogP contribution in [-0.4, -0.2) is 49.6 Å². The fourth-order valence-corrected chi connectivity index (χ4v) is 3.87. The number of nitrogens with one attached hydrogen (secondary N) is 1. The molecule has 2 atom stereocenters. The van der Waals surface area contributed by atoms with Crippen LogP contribution < -0.4 is 5.32 Å². The molecule has 0 aromatic heterocycles. The first kappa shape index (κ1) is 15.3. The highest BCUT2D eigenvalue weighted by molar-refractivity contribution is 7.99. The molecule has 17 heavy (non-hydrogen) atoms. The first-order chi connectivity index (χ1) is 8.18. The quantitative estimate of drug-likeness (QED) is 0.674. The van der Waals surface area contributed by atoms with E-state index in [2.05, 4.69) is 43.0 Å². The molecule has 1 saturated carbocycles. The van der Waals surface area contributed by atoms with Crippen LogP contribution in [0.15, 0.2) is 0 Å². The Hall–Kier alpha value is 0.270. The smallest absolute Gasteiger partial charge is 0.00608 e. The highest BCUT2D eigenvalue weighted by Crippen LogP contribution is 2.31. The molecule has 0 bridgehead atoms. The van der Waals surface area contributed by atoms with Gasteiger partial charge in [-0.1, -0.05) is 19.8 Å². The summed E-state index contributed by atoms with van der Waals surface area (Å²) in [6.45, 7) is 5.95. The van der Waals surface area contributed by atoms with Gasteiger partial charge in [0, 0.05) is 17.5 Å². The molecule has 102 valence electrons. The van der Waals surface area contributed by atoms with Crippen molar-refractivity contribution in [3.8, 4) is 0 Å². The van der Waals surface area contributed by atoms with Gasteiger partial charge in [-0.3, -0.25) is 0 Å². The van der Waals surface area contributed by atoms with Crippen molar-refractivity contribution in [3.63, 3.8) is 0 Å². The van der Waals surface area contributed by atoms with Gasteiger partial charge in [-0.25, -0.2) is 0 Å². The van der Waals surface area contributed by atoms with Crippen LogP contribution in [0.2, 0.25) is 0 Å². The van der Waals surface area contributed by atoms with E-state index in [0.29, 0.717) is 0 Å². The van der Waals surface area contributed by atoms with E-state index >= 15 is 0 Å². The van der Waals surface area contributed by atoms with Gasteiger partial charge in [0.1, 0.15) is 0 Å². The molecule has 0 aromatic carbocycles. The third kappa shape index (κ3) is 8.06. The van der Waals surface area contributed by atoms with Crippen LogP contribution in [0.3, 0.4) is 0 Å². The second kappa shape index (κ2) is 9.23. The molecule has 0 aliphatic heterocycles. The second-order valence-corrected chi connectivity index (χ2v) is 7.08. The van der Waals surface area contributed by atoms with Gasteiger partial charge in [0.15, 0.2) is 0 Å². The summed E-state index contributed by atoms with van der Waals surface area (Å²) >= 11 is 2.19. The van der Waals surface area contributed by atoms with Crippen LogP contribution in [0, 0.1) is 5.92 Å². The van der Waals surface area contributed by atoms with Crippen molar-refractivity contribution in [1.82, 2.24) is 10.2 Å². The third-order valence-corrected chi connectivity index (χ3v) is 4.82. The van der Waals surface area contributed by atoms with E-state index in [4.69, 9.17) is 0 Å². The Morgan fingerprint density at radius 2 is 2.06 bits per heavy atom. The average Bonchev–Trinajstić information content (AvgIpc) is 2.27. The number of hydrogen-bond acceptors (Lipinski definition) is 3. The van der Waals surface area contributed by atoms with E-state index in [1.807, 2.05) is 0 Å². The van der Waals surface area contributed by atoms with E-state index in [0.717, 1.165) is 11.2 Å².